The van der Waals surface area contributed by atoms with E-state index < -0.39 is 18.7 Å². The Kier molecular flexibility index (Phi) is 6.50. The van der Waals surface area contributed by atoms with Crippen LogP contribution < -0.4 is 16.4 Å². The summed E-state index contributed by atoms with van der Waals surface area (Å²) in [6.45, 7) is 4.56. The zero-order chi connectivity index (χ0) is 20.2. The number of carbonyl (C=O) groups excluding carboxylic acids is 1. The van der Waals surface area contributed by atoms with Crippen LogP contribution in [0.5, 0.6) is 0 Å². The Balaban J connectivity index is 1.96. The minimum atomic E-state index is -4.30. The number of hydrogen-bond acceptors (Lipinski definition) is 6. The number of nitrogens with zero attached hydrogens (tertiary/aromatic N) is 2. The highest BCUT2D eigenvalue weighted by atomic mass is 19.4. The van der Waals surface area contributed by atoms with Gasteiger partial charge in [-0.2, -0.15) is 18.2 Å². The molecule has 0 radical (unpaired) electrons. The molecule has 27 heavy (non-hydrogen) atoms. The number of rotatable bonds is 6. The van der Waals surface area contributed by atoms with Crippen molar-refractivity contribution in [1.82, 2.24) is 9.97 Å². The fourth-order valence-electron chi connectivity index (χ4n) is 2.85. The van der Waals surface area contributed by atoms with Crippen LogP contribution in [0.25, 0.3) is 0 Å². The molecule has 4 N–H and O–H groups in total. The van der Waals surface area contributed by atoms with Crippen molar-refractivity contribution in [3.63, 3.8) is 0 Å². The van der Waals surface area contributed by atoms with Crippen LogP contribution in [0.4, 0.5) is 24.9 Å². The fraction of sp³-hybridized carbons (Fsp3) is 0.706. The molecule has 0 atom stereocenters. The van der Waals surface area contributed by atoms with Gasteiger partial charge < -0.3 is 21.1 Å². The monoisotopic (exact) mass is 389 g/mol. The molecule has 1 saturated carbocycles. The van der Waals surface area contributed by atoms with Crippen molar-refractivity contribution in [3.8, 4) is 0 Å². The minimum Gasteiger partial charge on any atom is -0.369 e. The third kappa shape index (κ3) is 7.20. The Hall–Kier alpha value is -2.10. The number of hydrogen-bond donors (Lipinski definition) is 3. The van der Waals surface area contributed by atoms with Crippen LogP contribution in [0.3, 0.4) is 0 Å². The van der Waals surface area contributed by atoms with E-state index in [4.69, 9.17) is 10.5 Å². The number of carbonyl (C=O) groups is 1. The number of amides is 1. The topological polar surface area (TPSA) is 102 Å². The summed E-state index contributed by atoms with van der Waals surface area (Å²) in [6.07, 6.45) is -0.982. The molecular formula is C17H26F3N5O2. The standard InChI is InChI=1S/C17H26F3N5O2/c1-16(2,3)25-14-12(13(21)26)8-22-15(24-14)23-10-4-6-11(7-5-10)27-9-17(18,19)20/h8,10-11H,4-7,9H2,1-3H3,(H2,21,26)(H2,22,23,24,25). The highest BCUT2D eigenvalue weighted by Gasteiger charge is 2.31. The number of alkyl halides is 3. The minimum absolute atomic E-state index is 0.0256. The van der Waals surface area contributed by atoms with Gasteiger partial charge in [0.25, 0.3) is 5.91 Å². The lowest BCUT2D eigenvalue weighted by Gasteiger charge is -2.29. The average Bonchev–Trinajstić information content (AvgIpc) is 2.52. The van der Waals surface area contributed by atoms with Crippen molar-refractivity contribution in [2.75, 3.05) is 17.2 Å². The van der Waals surface area contributed by atoms with Gasteiger partial charge in [-0.1, -0.05) is 0 Å². The molecule has 0 spiro atoms. The van der Waals surface area contributed by atoms with Crippen LogP contribution >= 0.6 is 0 Å². The van der Waals surface area contributed by atoms with Gasteiger partial charge in [-0.25, -0.2) is 4.98 Å². The third-order valence-electron chi connectivity index (χ3n) is 4.04. The zero-order valence-corrected chi connectivity index (χ0v) is 15.7. The first-order chi connectivity index (χ1) is 12.4. The molecule has 0 saturated heterocycles. The molecule has 0 bridgehead atoms. The van der Waals surface area contributed by atoms with Crippen molar-refractivity contribution in [1.29, 1.82) is 0 Å². The van der Waals surface area contributed by atoms with Gasteiger partial charge in [-0.15, -0.1) is 0 Å². The number of nitrogens with two attached hydrogens (primary N) is 1. The molecule has 0 unspecified atom stereocenters. The maximum atomic E-state index is 12.2. The number of aromatic nitrogens is 2. The first kappa shape index (κ1) is 21.2. The Morgan fingerprint density at radius 3 is 2.41 bits per heavy atom. The van der Waals surface area contributed by atoms with Gasteiger partial charge >= 0.3 is 6.18 Å². The second-order valence-corrected chi connectivity index (χ2v) is 7.74. The molecular weight excluding hydrogens is 363 g/mol. The third-order valence-corrected chi connectivity index (χ3v) is 4.04. The second kappa shape index (κ2) is 8.28. The Morgan fingerprint density at radius 1 is 1.26 bits per heavy atom. The van der Waals surface area contributed by atoms with E-state index in [1.54, 1.807) is 0 Å². The molecule has 1 aliphatic rings. The van der Waals surface area contributed by atoms with Crippen LogP contribution in [-0.2, 0) is 4.74 Å². The Bertz CT molecular complexity index is 653. The van der Waals surface area contributed by atoms with Crippen LogP contribution in [-0.4, -0.2) is 46.3 Å². The molecule has 1 fully saturated rings. The average molecular weight is 389 g/mol. The first-order valence-corrected chi connectivity index (χ1v) is 8.83. The van der Waals surface area contributed by atoms with Gasteiger partial charge in [0, 0.05) is 17.8 Å². The van der Waals surface area contributed by atoms with Gasteiger partial charge in [0.15, 0.2) is 0 Å². The lowest BCUT2D eigenvalue weighted by molar-refractivity contribution is -0.187. The van der Waals surface area contributed by atoms with E-state index in [0.717, 1.165) is 0 Å². The molecule has 1 aromatic rings. The molecule has 0 aliphatic heterocycles. The van der Waals surface area contributed by atoms with Crippen molar-refractivity contribution >= 4 is 17.7 Å². The molecule has 0 aromatic carbocycles. The smallest absolute Gasteiger partial charge is 0.369 e. The molecule has 2 rings (SSSR count). The van der Waals surface area contributed by atoms with Crippen LogP contribution in [0, 0.1) is 0 Å². The Labute approximate surface area is 156 Å². The normalized spacial score (nSPS) is 21.0. The molecule has 7 nitrogen and oxygen atoms in total. The molecule has 1 aromatic heterocycles. The summed E-state index contributed by atoms with van der Waals surface area (Å²) in [5, 5.41) is 6.30. The molecule has 1 heterocycles. The summed E-state index contributed by atoms with van der Waals surface area (Å²) in [5.41, 5.74) is 5.23. The predicted molar refractivity (Wildman–Crippen MR) is 95.6 cm³/mol. The van der Waals surface area contributed by atoms with E-state index in [1.807, 2.05) is 20.8 Å². The highest BCUT2D eigenvalue weighted by Crippen LogP contribution is 2.26. The van der Waals surface area contributed by atoms with Crippen molar-refractivity contribution in [2.24, 2.45) is 5.73 Å². The number of primary amides is 1. The number of anilines is 2. The van der Waals surface area contributed by atoms with Crippen LogP contribution in [0.15, 0.2) is 6.20 Å². The van der Waals surface area contributed by atoms with Crippen LogP contribution in [0.2, 0.25) is 0 Å². The summed E-state index contributed by atoms with van der Waals surface area (Å²) in [7, 11) is 0. The molecule has 1 amide bonds. The largest absolute Gasteiger partial charge is 0.411 e. The quantitative estimate of drug-likeness (QED) is 0.691. The summed E-state index contributed by atoms with van der Waals surface area (Å²) < 4.78 is 41.6. The van der Waals surface area contributed by atoms with Gasteiger partial charge in [-0.05, 0) is 46.5 Å². The summed E-state index contributed by atoms with van der Waals surface area (Å²) >= 11 is 0. The van der Waals surface area contributed by atoms with E-state index in [0.29, 0.717) is 37.4 Å². The molecule has 1 aliphatic carbocycles. The van der Waals surface area contributed by atoms with Gasteiger partial charge in [-0.3, -0.25) is 4.79 Å². The van der Waals surface area contributed by atoms with E-state index in [2.05, 4.69) is 20.6 Å². The maximum absolute atomic E-state index is 12.2. The van der Waals surface area contributed by atoms with E-state index in [-0.39, 0.29) is 23.2 Å². The van der Waals surface area contributed by atoms with E-state index in [9.17, 15) is 18.0 Å². The molecule has 10 heteroatoms. The van der Waals surface area contributed by atoms with Crippen molar-refractivity contribution < 1.29 is 22.7 Å². The van der Waals surface area contributed by atoms with Crippen molar-refractivity contribution in [2.45, 2.75) is 70.3 Å². The van der Waals surface area contributed by atoms with Gasteiger partial charge in [0.1, 0.15) is 12.4 Å². The zero-order valence-electron chi connectivity index (χ0n) is 15.7. The predicted octanol–water partition coefficient (Wildman–Crippen LogP) is 3.09. The second-order valence-electron chi connectivity index (χ2n) is 7.74. The maximum Gasteiger partial charge on any atom is 0.411 e. The van der Waals surface area contributed by atoms with Crippen LogP contribution in [0.1, 0.15) is 56.8 Å². The Morgan fingerprint density at radius 2 is 1.89 bits per heavy atom. The van der Waals surface area contributed by atoms with E-state index in [1.165, 1.54) is 6.20 Å². The van der Waals surface area contributed by atoms with Crippen molar-refractivity contribution in [3.05, 3.63) is 11.8 Å². The number of halogens is 3. The summed E-state index contributed by atoms with van der Waals surface area (Å²) in [6, 6.07) is 0.0256. The SMILES string of the molecule is CC(C)(C)Nc1nc(NC2CCC(OCC(F)(F)F)CC2)ncc1C(N)=O. The fourth-order valence-corrected chi connectivity index (χ4v) is 2.85. The summed E-state index contributed by atoms with van der Waals surface area (Å²) in [5.74, 6) is 0.0525. The number of nitrogens with one attached hydrogen (secondary N) is 2. The van der Waals surface area contributed by atoms with E-state index >= 15 is 0 Å². The summed E-state index contributed by atoms with van der Waals surface area (Å²) in [4.78, 5) is 20.0. The van der Waals surface area contributed by atoms with Gasteiger partial charge in [0.2, 0.25) is 5.95 Å². The van der Waals surface area contributed by atoms with Gasteiger partial charge in [0.05, 0.1) is 11.7 Å². The lowest BCUT2D eigenvalue weighted by atomic mass is 9.93. The lowest BCUT2D eigenvalue weighted by Crippen LogP contribution is -2.33. The first-order valence-electron chi connectivity index (χ1n) is 8.83. The highest BCUT2D eigenvalue weighted by molar-refractivity contribution is 5.97. The molecule has 152 valence electrons. The number of ether oxygens (including phenoxy) is 1.